The molecule has 1 rings (SSSR count). The van der Waals surface area contributed by atoms with Crippen molar-refractivity contribution in [2.45, 2.75) is 18.9 Å². The van der Waals surface area contributed by atoms with Gasteiger partial charge in [0, 0.05) is 6.42 Å². The average Bonchev–Trinajstić information content (AvgIpc) is 2.09. The predicted octanol–water partition coefficient (Wildman–Crippen LogP) is 1.08. The molecule has 0 spiro atoms. The van der Waals surface area contributed by atoms with Crippen molar-refractivity contribution in [2.24, 2.45) is 5.73 Å². The summed E-state index contributed by atoms with van der Waals surface area (Å²) in [5.74, 6) is -0.265. The van der Waals surface area contributed by atoms with Gasteiger partial charge in [0.15, 0.2) is 0 Å². The minimum absolute atomic E-state index is 0.265. The Bertz CT molecular complexity index is 265. The number of hydrogen-bond donors (Lipinski definition) is 2. The third-order valence-corrected chi connectivity index (χ3v) is 1.91. The Kier molecular flexibility index (Phi) is 3.86. The fraction of sp³-hybridized carbons (Fsp3) is 0.400. The van der Waals surface area contributed by atoms with Crippen LogP contribution in [0.3, 0.4) is 0 Å². The van der Waals surface area contributed by atoms with E-state index in [1.807, 2.05) is 0 Å². The van der Waals surface area contributed by atoms with Crippen LogP contribution in [-0.4, -0.2) is 17.8 Å². The maximum Gasteiger partial charge on any atom is 0.126 e. The topological polar surface area (TPSA) is 46.2 Å². The Hall–Kier alpha value is -0.930. The summed E-state index contributed by atoms with van der Waals surface area (Å²) in [6.07, 6.45) is 0.306. The highest BCUT2D eigenvalue weighted by Gasteiger charge is 2.07. The monoisotopic (exact) mass is 183 g/mol. The van der Waals surface area contributed by atoms with E-state index in [1.54, 1.807) is 18.2 Å². The van der Waals surface area contributed by atoms with Crippen LogP contribution in [0.5, 0.6) is 0 Å². The summed E-state index contributed by atoms with van der Waals surface area (Å²) in [6, 6.07) is 6.46. The van der Waals surface area contributed by atoms with Gasteiger partial charge in [-0.3, -0.25) is 0 Å². The number of aliphatic hydroxyl groups is 1. The van der Waals surface area contributed by atoms with Gasteiger partial charge in [-0.2, -0.15) is 0 Å². The van der Waals surface area contributed by atoms with Crippen molar-refractivity contribution in [2.75, 3.05) is 6.54 Å². The summed E-state index contributed by atoms with van der Waals surface area (Å²) in [4.78, 5) is 0. The molecule has 3 heteroatoms. The normalized spacial score (nSPS) is 12.8. The first-order valence-corrected chi connectivity index (χ1v) is 4.35. The molecule has 1 unspecified atom stereocenters. The highest BCUT2D eigenvalue weighted by molar-refractivity contribution is 5.17. The minimum Gasteiger partial charge on any atom is -0.393 e. The Morgan fingerprint density at radius 2 is 2.08 bits per heavy atom. The molecule has 0 saturated heterocycles. The van der Waals surface area contributed by atoms with E-state index in [9.17, 15) is 9.50 Å². The summed E-state index contributed by atoms with van der Waals surface area (Å²) in [5, 5.41) is 9.38. The standard InChI is InChI=1S/C10H14FNO/c11-10-4-2-1-3-8(10)7-9(13)5-6-12/h1-4,9,13H,5-7,12H2. The van der Waals surface area contributed by atoms with Crippen LogP contribution in [0.25, 0.3) is 0 Å². The van der Waals surface area contributed by atoms with Gasteiger partial charge in [-0.1, -0.05) is 18.2 Å². The zero-order valence-corrected chi connectivity index (χ0v) is 7.41. The van der Waals surface area contributed by atoms with Crippen LogP contribution in [0.4, 0.5) is 4.39 Å². The van der Waals surface area contributed by atoms with Crippen molar-refractivity contribution in [1.82, 2.24) is 0 Å². The first-order chi connectivity index (χ1) is 6.24. The Balaban J connectivity index is 2.58. The number of halogens is 1. The Labute approximate surface area is 77.2 Å². The molecule has 0 aromatic heterocycles. The van der Waals surface area contributed by atoms with Gasteiger partial charge in [0.25, 0.3) is 0 Å². The lowest BCUT2D eigenvalue weighted by Gasteiger charge is -2.09. The maximum atomic E-state index is 13.0. The molecule has 1 atom stereocenters. The summed E-state index contributed by atoms with van der Waals surface area (Å²) < 4.78 is 13.0. The molecule has 0 radical (unpaired) electrons. The maximum absolute atomic E-state index is 13.0. The van der Waals surface area contributed by atoms with Crippen molar-refractivity contribution in [3.63, 3.8) is 0 Å². The highest BCUT2D eigenvalue weighted by atomic mass is 19.1. The molecule has 1 aromatic carbocycles. The number of nitrogens with two attached hydrogens (primary N) is 1. The van der Waals surface area contributed by atoms with Crippen molar-refractivity contribution < 1.29 is 9.50 Å². The molecule has 3 N–H and O–H groups in total. The van der Waals surface area contributed by atoms with E-state index in [1.165, 1.54) is 6.07 Å². The van der Waals surface area contributed by atoms with Crippen LogP contribution in [0.15, 0.2) is 24.3 Å². The van der Waals surface area contributed by atoms with E-state index >= 15 is 0 Å². The molecular weight excluding hydrogens is 169 g/mol. The Morgan fingerprint density at radius 1 is 1.38 bits per heavy atom. The van der Waals surface area contributed by atoms with E-state index in [4.69, 9.17) is 5.73 Å². The Morgan fingerprint density at radius 3 is 2.69 bits per heavy atom. The zero-order chi connectivity index (χ0) is 9.68. The van der Waals surface area contributed by atoms with Crippen LogP contribution in [0.2, 0.25) is 0 Å². The van der Waals surface area contributed by atoms with Gasteiger partial charge in [0.05, 0.1) is 6.10 Å². The summed E-state index contributed by atoms with van der Waals surface area (Å²) in [6.45, 7) is 0.426. The van der Waals surface area contributed by atoms with Gasteiger partial charge >= 0.3 is 0 Å². The molecule has 0 fully saturated rings. The molecule has 0 amide bonds. The highest BCUT2D eigenvalue weighted by Crippen LogP contribution is 2.09. The van der Waals surface area contributed by atoms with Crippen LogP contribution in [0.1, 0.15) is 12.0 Å². The lowest BCUT2D eigenvalue weighted by molar-refractivity contribution is 0.166. The molecule has 13 heavy (non-hydrogen) atoms. The summed E-state index contributed by atoms with van der Waals surface area (Å²) in [7, 11) is 0. The molecule has 72 valence electrons. The summed E-state index contributed by atoms with van der Waals surface area (Å²) in [5.41, 5.74) is 5.81. The quantitative estimate of drug-likeness (QED) is 0.733. The van der Waals surface area contributed by atoms with Crippen molar-refractivity contribution in [1.29, 1.82) is 0 Å². The minimum atomic E-state index is -0.540. The van der Waals surface area contributed by atoms with Gasteiger partial charge in [0.2, 0.25) is 0 Å². The van der Waals surface area contributed by atoms with Crippen molar-refractivity contribution >= 4 is 0 Å². The first-order valence-electron chi connectivity index (χ1n) is 4.35. The lowest BCUT2D eigenvalue weighted by atomic mass is 10.1. The molecule has 2 nitrogen and oxygen atoms in total. The van der Waals surface area contributed by atoms with Crippen molar-refractivity contribution in [3.05, 3.63) is 35.6 Å². The van der Waals surface area contributed by atoms with Crippen LogP contribution in [-0.2, 0) is 6.42 Å². The van der Waals surface area contributed by atoms with E-state index in [2.05, 4.69) is 0 Å². The van der Waals surface area contributed by atoms with Crippen LogP contribution < -0.4 is 5.73 Å². The SMILES string of the molecule is NCCC(O)Cc1ccccc1F. The predicted molar refractivity (Wildman–Crippen MR) is 49.8 cm³/mol. The van der Waals surface area contributed by atoms with Gasteiger partial charge < -0.3 is 10.8 Å². The third-order valence-electron chi connectivity index (χ3n) is 1.91. The van der Waals surface area contributed by atoms with E-state index < -0.39 is 6.10 Å². The molecule has 0 saturated carbocycles. The second kappa shape index (κ2) is 4.94. The van der Waals surface area contributed by atoms with Gasteiger partial charge in [-0.05, 0) is 24.6 Å². The van der Waals surface area contributed by atoms with Gasteiger partial charge in [-0.15, -0.1) is 0 Å². The molecular formula is C10H14FNO. The molecule has 0 aliphatic rings. The molecule has 0 aliphatic carbocycles. The van der Waals surface area contributed by atoms with Gasteiger partial charge in [-0.25, -0.2) is 4.39 Å². The van der Waals surface area contributed by atoms with Crippen LogP contribution in [0, 0.1) is 5.82 Å². The number of benzene rings is 1. The van der Waals surface area contributed by atoms with E-state index in [0.717, 1.165) is 0 Å². The third kappa shape index (κ3) is 3.13. The largest absolute Gasteiger partial charge is 0.393 e. The fourth-order valence-electron chi connectivity index (χ4n) is 1.21. The average molecular weight is 183 g/mol. The lowest BCUT2D eigenvalue weighted by Crippen LogP contribution is -2.16. The molecule has 1 aromatic rings. The first kappa shape index (κ1) is 10.2. The van der Waals surface area contributed by atoms with Crippen molar-refractivity contribution in [3.8, 4) is 0 Å². The van der Waals surface area contributed by atoms with E-state index in [0.29, 0.717) is 24.9 Å². The van der Waals surface area contributed by atoms with E-state index in [-0.39, 0.29) is 5.82 Å². The molecule has 0 heterocycles. The smallest absolute Gasteiger partial charge is 0.126 e. The zero-order valence-electron chi connectivity index (χ0n) is 7.41. The van der Waals surface area contributed by atoms with Crippen LogP contribution >= 0.6 is 0 Å². The number of hydrogen-bond acceptors (Lipinski definition) is 2. The second-order valence-corrected chi connectivity index (χ2v) is 3.03. The molecule has 0 bridgehead atoms. The fourth-order valence-corrected chi connectivity index (χ4v) is 1.21. The van der Waals surface area contributed by atoms with Gasteiger partial charge in [0.1, 0.15) is 5.82 Å². The second-order valence-electron chi connectivity index (χ2n) is 3.03. The number of aliphatic hydroxyl groups excluding tert-OH is 1. The summed E-state index contributed by atoms with van der Waals surface area (Å²) >= 11 is 0. The number of rotatable bonds is 4. The molecule has 0 aliphatic heterocycles.